The second-order valence-electron chi connectivity index (χ2n) is 8.80. The monoisotopic (exact) mass is 477 g/mol. The number of H-pyrrole nitrogens is 1. The van der Waals surface area contributed by atoms with E-state index in [2.05, 4.69) is 45.2 Å². The first-order valence-corrected chi connectivity index (χ1v) is 13.5. The van der Waals surface area contributed by atoms with Gasteiger partial charge in [0.25, 0.3) is 5.91 Å². The molecule has 5 heterocycles. The van der Waals surface area contributed by atoms with Crippen molar-refractivity contribution in [2.24, 2.45) is 0 Å². The van der Waals surface area contributed by atoms with Crippen molar-refractivity contribution < 1.29 is 9.53 Å². The maximum absolute atomic E-state index is 13.8. The van der Waals surface area contributed by atoms with Gasteiger partial charge in [0, 0.05) is 53.2 Å². The molecule has 1 fully saturated rings. The molecule has 0 unspecified atom stereocenters. The average Bonchev–Trinajstić information content (AvgIpc) is 3.61. The van der Waals surface area contributed by atoms with E-state index in [9.17, 15) is 4.79 Å². The maximum Gasteiger partial charge on any atom is 0.257 e. The van der Waals surface area contributed by atoms with Crippen molar-refractivity contribution in [1.29, 1.82) is 0 Å². The molecule has 33 heavy (non-hydrogen) atoms. The highest BCUT2D eigenvalue weighted by Crippen LogP contribution is 2.40. The quantitative estimate of drug-likeness (QED) is 0.402. The van der Waals surface area contributed by atoms with Crippen LogP contribution in [0.4, 0.5) is 0 Å². The smallest absolute Gasteiger partial charge is 0.257 e. The van der Waals surface area contributed by atoms with Gasteiger partial charge in [-0.05, 0) is 72.4 Å². The van der Waals surface area contributed by atoms with E-state index in [1.54, 1.807) is 18.4 Å². The van der Waals surface area contributed by atoms with Gasteiger partial charge < -0.3 is 19.2 Å². The molecule has 2 aliphatic rings. The highest BCUT2D eigenvalue weighted by atomic mass is 32.2. The van der Waals surface area contributed by atoms with Crippen LogP contribution in [0.2, 0.25) is 0 Å². The van der Waals surface area contributed by atoms with E-state index < -0.39 is 0 Å². The largest absolute Gasteiger partial charge is 0.497 e. The van der Waals surface area contributed by atoms with Gasteiger partial charge in [0.2, 0.25) is 0 Å². The summed E-state index contributed by atoms with van der Waals surface area (Å²) in [5.74, 6) is 3.66. The number of benzene rings is 1. The Morgan fingerprint density at radius 1 is 1.18 bits per heavy atom. The van der Waals surface area contributed by atoms with Gasteiger partial charge in [-0.25, -0.2) is 0 Å². The maximum atomic E-state index is 13.8. The number of hydrogen-bond donors (Lipinski definition) is 1. The van der Waals surface area contributed by atoms with Crippen molar-refractivity contribution in [1.82, 2.24) is 14.5 Å². The summed E-state index contributed by atoms with van der Waals surface area (Å²) in [5, 5.41) is 2.32. The number of nitrogens with zero attached hydrogens (tertiary/aromatic N) is 2. The number of piperidine rings is 1. The van der Waals surface area contributed by atoms with E-state index in [0.29, 0.717) is 5.92 Å². The summed E-state index contributed by atoms with van der Waals surface area (Å²) in [7, 11) is 1.71. The third-order valence-corrected chi connectivity index (χ3v) is 9.41. The lowest BCUT2D eigenvalue weighted by Crippen LogP contribution is -2.38. The highest BCUT2D eigenvalue weighted by molar-refractivity contribution is 7.98. The number of aromatic nitrogens is 2. The first-order chi connectivity index (χ1) is 16.2. The summed E-state index contributed by atoms with van der Waals surface area (Å²) < 4.78 is 7.56. The van der Waals surface area contributed by atoms with Crippen molar-refractivity contribution in [2.45, 2.75) is 30.9 Å². The molecule has 0 spiro atoms. The predicted octanol–water partition coefficient (Wildman–Crippen LogP) is 5.84. The lowest BCUT2D eigenvalue weighted by molar-refractivity contribution is 0.0713. The van der Waals surface area contributed by atoms with Gasteiger partial charge in [-0.2, -0.15) is 11.8 Å². The number of aromatic amines is 1. The number of carbonyl (C=O) groups excluding carboxylic acids is 1. The molecule has 7 heteroatoms. The van der Waals surface area contributed by atoms with Crippen LogP contribution in [0, 0.1) is 0 Å². The summed E-state index contributed by atoms with van der Waals surface area (Å²) in [5.41, 5.74) is 4.72. The Kier molecular flexibility index (Phi) is 5.46. The van der Waals surface area contributed by atoms with Crippen LogP contribution in [0.5, 0.6) is 5.75 Å². The van der Waals surface area contributed by atoms with Crippen LogP contribution in [0.25, 0.3) is 15.9 Å². The fraction of sp³-hybridized carbons (Fsp3) is 0.346. The van der Waals surface area contributed by atoms with Crippen LogP contribution < -0.4 is 4.74 Å². The third kappa shape index (κ3) is 3.67. The van der Waals surface area contributed by atoms with Crippen LogP contribution in [0.15, 0.2) is 48.9 Å². The first-order valence-electron chi connectivity index (χ1n) is 11.5. The summed E-state index contributed by atoms with van der Waals surface area (Å²) in [6.45, 7) is 1.59. The van der Waals surface area contributed by atoms with Gasteiger partial charge in [0.05, 0.1) is 12.7 Å². The van der Waals surface area contributed by atoms with Crippen molar-refractivity contribution in [2.75, 3.05) is 26.0 Å². The second kappa shape index (κ2) is 8.61. The molecule has 0 atom stereocenters. The lowest BCUT2D eigenvalue weighted by Gasteiger charge is -2.32. The number of carbonyl (C=O) groups is 1. The van der Waals surface area contributed by atoms with Gasteiger partial charge in [-0.1, -0.05) is 0 Å². The number of methoxy groups -OCH3 is 1. The molecule has 4 aromatic rings. The zero-order chi connectivity index (χ0) is 22.4. The molecular weight excluding hydrogens is 450 g/mol. The fourth-order valence-corrected chi connectivity index (χ4v) is 7.67. The van der Waals surface area contributed by atoms with E-state index in [-0.39, 0.29) is 5.91 Å². The van der Waals surface area contributed by atoms with Gasteiger partial charge in [0.1, 0.15) is 10.8 Å². The Labute approximate surface area is 201 Å². The van der Waals surface area contributed by atoms with Crippen molar-refractivity contribution in [3.63, 3.8) is 0 Å². The van der Waals surface area contributed by atoms with E-state index >= 15 is 0 Å². The zero-order valence-electron chi connectivity index (χ0n) is 18.7. The van der Waals surface area contributed by atoms with E-state index in [1.165, 1.54) is 21.4 Å². The Bertz CT molecular complexity index is 1300. The molecule has 1 amide bonds. The van der Waals surface area contributed by atoms with Crippen molar-refractivity contribution in [3.05, 3.63) is 70.5 Å². The molecule has 0 aliphatic carbocycles. The topological polar surface area (TPSA) is 50.3 Å². The number of fused-ring (bicyclic) bond motifs is 2. The molecule has 6 rings (SSSR count). The van der Waals surface area contributed by atoms with Crippen LogP contribution >= 0.6 is 23.1 Å². The third-order valence-electron chi connectivity index (χ3n) is 7.00. The number of likely N-dealkylation sites (tertiary alicyclic amines) is 1. The minimum Gasteiger partial charge on any atom is -0.497 e. The SMILES string of the molecule is COc1ccc2[nH]cc(C3CCN(C(=O)c4c(-n5cccc5)sc5c4CCSC5)CC3)c2c1. The van der Waals surface area contributed by atoms with Crippen LogP contribution in [0.3, 0.4) is 0 Å². The number of thioether (sulfide) groups is 1. The molecule has 170 valence electrons. The van der Waals surface area contributed by atoms with Gasteiger partial charge >= 0.3 is 0 Å². The molecule has 3 aromatic heterocycles. The molecule has 1 N–H and O–H groups in total. The minimum atomic E-state index is 0.210. The number of hydrogen-bond acceptors (Lipinski definition) is 4. The lowest BCUT2D eigenvalue weighted by atomic mass is 9.89. The Morgan fingerprint density at radius 3 is 2.79 bits per heavy atom. The van der Waals surface area contributed by atoms with Crippen molar-refractivity contribution >= 4 is 39.9 Å². The first kappa shape index (κ1) is 20.9. The summed E-state index contributed by atoms with van der Waals surface area (Å²) in [4.78, 5) is 20.7. The number of ether oxygens (including phenoxy) is 1. The molecular formula is C26H27N3O2S2. The zero-order valence-corrected chi connectivity index (χ0v) is 20.3. The van der Waals surface area contributed by atoms with Crippen LogP contribution in [-0.2, 0) is 12.2 Å². The average molecular weight is 478 g/mol. The van der Waals surface area contributed by atoms with E-state index in [4.69, 9.17) is 4.74 Å². The number of amides is 1. The van der Waals surface area contributed by atoms with Crippen LogP contribution in [0.1, 0.15) is 45.1 Å². The van der Waals surface area contributed by atoms with Crippen molar-refractivity contribution in [3.8, 4) is 10.8 Å². The molecule has 0 saturated carbocycles. The number of rotatable bonds is 4. The van der Waals surface area contributed by atoms with Gasteiger partial charge in [0.15, 0.2) is 0 Å². The highest BCUT2D eigenvalue weighted by Gasteiger charge is 2.32. The Balaban J connectivity index is 1.25. The number of thiophene rings is 1. The standard InChI is InChI=1S/C26H27N3O2S2/c1-31-18-4-5-22-20(14-18)21(15-27-22)17-6-11-28(12-7-17)25(30)24-19-8-13-32-16-23(19)33-26(24)29-9-2-3-10-29/h2-5,9-10,14-15,17,27H,6-8,11-13,16H2,1H3. The molecule has 1 aromatic carbocycles. The summed E-state index contributed by atoms with van der Waals surface area (Å²) in [6, 6.07) is 10.3. The summed E-state index contributed by atoms with van der Waals surface area (Å²) >= 11 is 3.76. The Hall–Kier alpha value is -2.64. The molecule has 0 radical (unpaired) electrons. The van der Waals surface area contributed by atoms with E-state index in [1.807, 2.05) is 30.0 Å². The predicted molar refractivity (Wildman–Crippen MR) is 136 cm³/mol. The van der Waals surface area contributed by atoms with Crippen LogP contribution in [-0.4, -0.2) is 46.3 Å². The minimum absolute atomic E-state index is 0.210. The molecule has 2 aliphatic heterocycles. The van der Waals surface area contributed by atoms with Gasteiger partial charge in [-0.3, -0.25) is 4.79 Å². The molecule has 5 nitrogen and oxygen atoms in total. The normalized spacial score (nSPS) is 16.8. The van der Waals surface area contributed by atoms with E-state index in [0.717, 1.165) is 65.7 Å². The second-order valence-corrected chi connectivity index (χ2v) is 11.0. The molecule has 1 saturated heterocycles. The summed E-state index contributed by atoms with van der Waals surface area (Å²) in [6.07, 6.45) is 9.21. The Morgan fingerprint density at radius 2 is 2.00 bits per heavy atom. The molecule has 0 bridgehead atoms. The fourth-order valence-electron chi connectivity index (χ4n) is 5.23. The van der Waals surface area contributed by atoms with Gasteiger partial charge in [-0.15, -0.1) is 11.3 Å². The number of nitrogens with one attached hydrogen (secondary N) is 1.